The molecule has 1 saturated carbocycles. The van der Waals surface area contributed by atoms with Gasteiger partial charge in [0.2, 0.25) is 0 Å². The second kappa shape index (κ2) is 10.9. The predicted molar refractivity (Wildman–Crippen MR) is 130 cm³/mol. The van der Waals surface area contributed by atoms with Gasteiger partial charge in [-0.15, -0.1) is 0 Å². The summed E-state index contributed by atoms with van der Waals surface area (Å²) in [6.45, 7) is -5.69. The zero-order chi connectivity index (χ0) is 31.1. The summed E-state index contributed by atoms with van der Waals surface area (Å²) in [6, 6.07) is 8.69. The van der Waals surface area contributed by atoms with Crippen LogP contribution in [0.25, 0.3) is 0 Å². The minimum Gasteiger partial charge on any atom is -0.391 e. The molecule has 0 spiro atoms. The van der Waals surface area contributed by atoms with Gasteiger partial charge in [-0.1, -0.05) is 55.6 Å². The number of halogens is 3. The van der Waals surface area contributed by atoms with E-state index in [4.69, 9.17) is 15.8 Å². The van der Waals surface area contributed by atoms with E-state index in [0.29, 0.717) is 30.4 Å². The van der Waals surface area contributed by atoms with E-state index >= 15 is 0 Å². The van der Waals surface area contributed by atoms with Gasteiger partial charge in [0, 0.05) is 17.5 Å². The van der Waals surface area contributed by atoms with Crippen molar-refractivity contribution in [2.75, 3.05) is 13.0 Å². The van der Waals surface area contributed by atoms with Crippen molar-refractivity contribution < 1.29 is 29.0 Å². The van der Waals surface area contributed by atoms with E-state index in [2.05, 4.69) is 5.16 Å². The highest BCUT2D eigenvalue weighted by atomic mass is 19.4. The number of hydrogen-bond donors (Lipinski definition) is 0. The molecule has 4 rings (SSSR count). The molecule has 184 valence electrons. The smallest absolute Gasteiger partial charge is 0.391 e. The second-order valence-electron chi connectivity index (χ2n) is 8.79. The summed E-state index contributed by atoms with van der Waals surface area (Å²) in [5, 5.41) is 3.83. The molecule has 2 aliphatic rings. The van der Waals surface area contributed by atoms with Crippen molar-refractivity contribution in [3.05, 3.63) is 69.8 Å². The van der Waals surface area contributed by atoms with Gasteiger partial charge in [-0.2, -0.15) is 13.2 Å². The lowest BCUT2D eigenvalue weighted by Gasteiger charge is -2.31. The molecule has 0 bridgehead atoms. The van der Waals surface area contributed by atoms with Crippen LogP contribution < -0.4 is 0 Å². The highest BCUT2D eigenvalue weighted by Crippen LogP contribution is 2.41. The maximum atomic E-state index is 13.9. The third-order valence-corrected chi connectivity index (χ3v) is 6.48. The Hall–Kier alpha value is -2.34. The minimum atomic E-state index is -4.54. The molecule has 2 aromatic carbocycles. The Kier molecular flexibility index (Phi) is 5.26. The van der Waals surface area contributed by atoms with Crippen LogP contribution in [0.4, 0.5) is 13.2 Å². The van der Waals surface area contributed by atoms with E-state index in [1.54, 1.807) is 18.2 Å². The molecule has 1 aliphatic heterocycles. The van der Waals surface area contributed by atoms with Crippen LogP contribution >= 0.6 is 0 Å². The molecule has 0 amide bonds. The Labute approximate surface area is 212 Å². The van der Waals surface area contributed by atoms with Gasteiger partial charge in [-0.25, -0.2) is 0 Å². The monoisotopic (exact) mass is 480 g/mol. The molecular formula is C28H35F3N2O. The number of aryl methyl sites for hydroxylation is 1. The molecule has 2 fully saturated rings. The number of hydrogen-bond acceptors (Lipinski definition) is 3. The van der Waals surface area contributed by atoms with Crippen LogP contribution in [0.15, 0.2) is 41.6 Å². The van der Waals surface area contributed by atoms with Crippen LogP contribution in [0.2, 0.25) is 0 Å². The molecule has 0 N–H and O–H groups in total. The topological polar surface area (TPSA) is 24.8 Å². The lowest BCUT2D eigenvalue weighted by Crippen LogP contribution is -2.36. The van der Waals surface area contributed by atoms with Gasteiger partial charge in [0.1, 0.15) is 6.61 Å². The van der Waals surface area contributed by atoms with Crippen molar-refractivity contribution in [2.24, 2.45) is 5.16 Å². The average molecular weight is 481 g/mol. The molecular weight excluding hydrogens is 437 g/mol. The van der Waals surface area contributed by atoms with Crippen LogP contribution in [0, 0.1) is 0 Å². The minimum absolute atomic E-state index is 0.117. The molecule has 34 heavy (non-hydrogen) atoms. The first kappa shape index (κ1) is 16.4. The van der Waals surface area contributed by atoms with Crippen LogP contribution in [0.3, 0.4) is 0 Å². The lowest BCUT2D eigenvalue weighted by molar-refractivity contribution is -0.138. The first-order valence-electron chi connectivity index (χ1n) is 15.8. The van der Waals surface area contributed by atoms with Gasteiger partial charge in [0.25, 0.3) is 0 Å². The molecule has 0 unspecified atom stereocenters. The third-order valence-electron chi connectivity index (χ3n) is 6.48. The number of benzene rings is 2. The van der Waals surface area contributed by atoms with Crippen molar-refractivity contribution in [1.82, 2.24) is 4.90 Å². The fraction of sp³-hybridized carbons (Fsp3) is 0.536. The van der Waals surface area contributed by atoms with Gasteiger partial charge in [-0.3, -0.25) is 4.90 Å². The summed E-state index contributed by atoms with van der Waals surface area (Å²) in [5.41, 5.74) is 0.813. The van der Waals surface area contributed by atoms with E-state index < -0.39 is 38.0 Å². The van der Waals surface area contributed by atoms with E-state index in [-0.39, 0.29) is 41.5 Å². The molecule has 1 saturated heterocycles. The van der Waals surface area contributed by atoms with Gasteiger partial charge < -0.3 is 4.84 Å². The van der Waals surface area contributed by atoms with Gasteiger partial charge in [0.15, 0.2) is 0 Å². The maximum Gasteiger partial charge on any atom is 0.416 e. The number of oxime groups is 1. The number of nitrogens with zero attached hydrogens (tertiary/aromatic N) is 2. The van der Waals surface area contributed by atoms with Crippen LogP contribution in [-0.2, 0) is 30.6 Å². The van der Waals surface area contributed by atoms with Crippen LogP contribution in [0.1, 0.15) is 103 Å². The Morgan fingerprint density at radius 3 is 2.62 bits per heavy atom. The summed E-state index contributed by atoms with van der Waals surface area (Å²) >= 11 is 0. The summed E-state index contributed by atoms with van der Waals surface area (Å²) in [4.78, 5) is 6.27. The normalized spacial score (nSPS) is 25.5. The number of alkyl halides is 3. The van der Waals surface area contributed by atoms with E-state index in [0.717, 1.165) is 30.2 Å². The van der Waals surface area contributed by atoms with Crippen molar-refractivity contribution in [3.63, 3.8) is 0 Å². The molecule has 0 aromatic heterocycles. The van der Waals surface area contributed by atoms with Crippen molar-refractivity contribution in [1.29, 1.82) is 0 Å². The summed E-state index contributed by atoms with van der Waals surface area (Å²) in [7, 11) is 0. The predicted octanol–water partition coefficient (Wildman–Crippen LogP) is 7.46. The molecule has 0 atom stereocenters. The second-order valence-corrected chi connectivity index (χ2v) is 8.79. The summed E-state index contributed by atoms with van der Waals surface area (Å²) in [6.07, 6.45) is -1.42. The van der Waals surface area contributed by atoms with Crippen molar-refractivity contribution in [3.8, 4) is 0 Å². The Balaban J connectivity index is 1.56. The van der Waals surface area contributed by atoms with E-state index in [1.165, 1.54) is 12.1 Å². The fourth-order valence-corrected chi connectivity index (χ4v) is 4.61. The Bertz CT molecular complexity index is 1290. The fourth-order valence-electron chi connectivity index (χ4n) is 4.61. The zero-order valence-corrected chi connectivity index (χ0v) is 19.2. The standard InChI is InChI=1S/C28H35F3N2O/c1-3-22-17-24(11-12-25(22)18-33-14-7-15-33)20(2)32-34-19-21-10-13-26(23-8-5-4-6-9-23)27(16-21)28(29,30)31/h10-13,16-17,23H,3-9,14-15,18-19H2,1-2H3/b32-20+/i2D3,7D,14D2,15D2. The summed E-state index contributed by atoms with van der Waals surface area (Å²) in [5.74, 6) is -0.145. The first-order valence-corrected chi connectivity index (χ1v) is 11.7. The van der Waals surface area contributed by atoms with Crippen LogP contribution in [-0.4, -0.2) is 23.6 Å². The molecule has 0 radical (unpaired) electrons. The lowest BCUT2D eigenvalue weighted by atomic mass is 9.81. The third kappa shape index (κ3) is 6.01. The zero-order valence-electron chi connectivity index (χ0n) is 27.2. The van der Waals surface area contributed by atoms with E-state index in [1.807, 2.05) is 6.92 Å². The average Bonchev–Trinajstić information content (AvgIpc) is 2.92. The quantitative estimate of drug-likeness (QED) is 0.289. The largest absolute Gasteiger partial charge is 0.416 e. The molecule has 2 aromatic rings. The van der Waals surface area contributed by atoms with E-state index in [9.17, 15) is 13.2 Å². The Morgan fingerprint density at radius 1 is 1.12 bits per heavy atom. The molecule has 6 heteroatoms. The molecule has 3 nitrogen and oxygen atoms in total. The van der Waals surface area contributed by atoms with Crippen LogP contribution in [0.5, 0.6) is 0 Å². The molecule has 1 aliphatic carbocycles. The highest BCUT2D eigenvalue weighted by Gasteiger charge is 2.35. The number of rotatable bonds is 8. The molecule has 1 heterocycles. The van der Waals surface area contributed by atoms with Crippen molar-refractivity contribution >= 4 is 5.71 Å². The first-order chi connectivity index (χ1) is 19.5. The van der Waals surface area contributed by atoms with Gasteiger partial charge in [0.05, 0.1) is 11.3 Å². The maximum absolute atomic E-state index is 13.9. The van der Waals surface area contributed by atoms with Gasteiger partial charge in [-0.05, 0) is 91.4 Å². The Morgan fingerprint density at radius 2 is 1.91 bits per heavy atom. The highest BCUT2D eigenvalue weighted by molar-refractivity contribution is 5.98. The van der Waals surface area contributed by atoms with Gasteiger partial charge >= 0.3 is 6.18 Å². The summed E-state index contributed by atoms with van der Waals surface area (Å²) < 4.78 is 105. The number of likely N-dealkylation sites (tertiary alicyclic amines) is 1. The van der Waals surface area contributed by atoms with Crippen molar-refractivity contribution in [2.45, 2.75) is 83.9 Å². The SMILES string of the molecule is [2H]C1C([2H])([2H])N(Cc2ccc(/C(=N/OCc3ccc(C4CCCCC4)c(C(F)(F)F)c3)C([2H])([2H])[2H])cc2CC)C1([2H])[2H].